The summed E-state index contributed by atoms with van der Waals surface area (Å²) in [6.45, 7) is 0.690. The van der Waals surface area contributed by atoms with E-state index in [1.54, 1.807) is 16.8 Å². The van der Waals surface area contributed by atoms with Crippen LogP contribution in [-0.4, -0.2) is 50.5 Å². The van der Waals surface area contributed by atoms with Crippen LogP contribution in [0.2, 0.25) is 5.02 Å². The van der Waals surface area contributed by atoms with E-state index in [1.807, 2.05) is 12.1 Å². The van der Waals surface area contributed by atoms with Crippen molar-refractivity contribution in [1.29, 1.82) is 0 Å². The van der Waals surface area contributed by atoms with Crippen molar-refractivity contribution in [3.63, 3.8) is 0 Å². The highest BCUT2D eigenvalue weighted by atomic mass is 35.5. The molecule has 14 heteroatoms. The normalized spacial score (nSPS) is 11.4. The Hall–Kier alpha value is -4.52. The first-order valence-electron chi connectivity index (χ1n) is 11.3. The van der Waals surface area contributed by atoms with Crippen molar-refractivity contribution in [2.45, 2.75) is 19.6 Å². The standard InChI is InChI=1S/C23H22ClN9O4/c1-29-20-18(22(36)30(2)23(29)37)31(12-27-20)11-17(34)25-7-8-33-19-16(9-28-33)21(35)32(13-26-19)10-14-3-5-15(24)6-4-14/h3-6,9,12-13H,7-8,10-11H2,1-2H3,(H,25,34). The van der Waals surface area contributed by atoms with Crippen LogP contribution < -0.4 is 22.1 Å². The summed E-state index contributed by atoms with van der Waals surface area (Å²) in [4.78, 5) is 58.5. The third kappa shape index (κ3) is 4.44. The van der Waals surface area contributed by atoms with Crippen molar-refractivity contribution in [2.75, 3.05) is 6.54 Å². The summed E-state index contributed by atoms with van der Waals surface area (Å²) >= 11 is 5.92. The Balaban J connectivity index is 1.26. The van der Waals surface area contributed by atoms with E-state index in [0.717, 1.165) is 10.1 Å². The first-order chi connectivity index (χ1) is 17.7. The van der Waals surface area contributed by atoms with Gasteiger partial charge in [-0.25, -0.2) is 19.4 Å². The molecule has 0 unspecified atom stereocenters. The Labute approximate surface area is 213 Å². The molecule has 1 amide bonds. The van der Waals surface area contributed by atoms with Crippen LogP contribution >= 0.6 is 11.6 Å². The van der Waals surface area contributed by atoms with Gasteiger partial charge >= 0.3 is 5.69 Å². The SMILES string of the molecule is Cn1c(=O)c2c(ncn2CC(=O)NCCn2ncc3c(=O)n(Cc4ccc(Cl)cc4)cnc32)n(C)c1=O. The molecule has 0 aliphatic carbocycles. The lowest BCUT2D eigenvalue weighted by atomic mass is 10.2. The van der Waals surface area contributed by atoms with Gasteiger partial charge in [0, 0.05) is 25.7 Å². The van der Waals surface area contributed by atoms with Gasteiger partial charge in [0.15, 0.2) is 16.8 Å². The van der Waals surface area contributed by atoms with Crippen LogP contribution in [0, 0.1) is 0 Å². The minimum absolute atomic E-state index is 0.155. The molecule has 0 aliphatic heterocycles. The van der Waals surface area contributed by atoms with Crippen LogP contribution in [0.15, 0.2) is 57.5 Å². The number of rotatable bonds is 7. The number of imidazole rings is 1. The van der Waals surface area contributed by atoms with Crippen molar-refractivity contribution >= 4 is 39.7 Å². The van der Waals surface area contributed by atoms with E-state index in [0.29, 0.717) is 22.6 Å². The number of hydrogen-bond acceptors (Lipinski definition) is 7. The Morgan fingerprint density at radius 2 is 1.65 bits per heavy atom. The zero-order chi connectivity index (χ0) is 26.3. The zero-order valence-corrected chi connectivity index (χ0v) is 20.7. The molecule has 4 heterocycles. The number of halogens is 1. The number of nitrogens with one attached hydrogen (secondary N) is 1. The summed E-state index contributed by atoms with van der Waals surface area (Å²) in [5.74, 6) is -0.357. The third-order valence-corrected chi connectivity index (χ3v) is 6.32. The van der Waals surface area contributed by atoms with E-state index in [9.17, 15) is 19.2 Å². The summed E-state index contributed by atoms with van der Waals surface area (Å²) in [5.41, 5.74) is 0.445. The molecule has 4 aromatic heterocycles. The molecule has 5 rings (SSSR count). The molecule has 37 heavy (non-hydrogen) atoms. The Bertz CT molecular complexity index is 1830. The second kappa shape index (κ2) is 9.50. The number of carbonyl (C=O) groups excluding carboxylic acids is 1. The molecular weight excluding hydrogens is 502 g/mol. The van der Waals surface area contributed by atoms with Crippen LogP contribution in [0.5, 0.6) is 0 Å². The summed E-state index contributed by atoms with van der Waals surface area (Å²) in [7, 11) is 2.88. The number of aromatic nitrogens is 8. The van der Waals surface area contributed by atoms with E-state index in [4.69, 9.17) is 11.6 Å². The van der Waals surface area contributed by atoms with Gasteiger partial charge in [0.1, 0.15) is 18.3 Å². The number of hydrogen-bond donors (Lipinski definition) is 1. The van der Waals surface area contributed by atoms with Gasteiger partial charge in [0.25, 0.3) is 11.1 Å². The van der Waals surface area contributed by atoms with Gasteiger partial charge in [0.2, 0.25) is 5.91 Å². The summed E-state index contributed by atoms with van der Waals surface area (Å²) in [6.07, 6.45) is 4.28. The van der Waals surface area contributed by atoms with Crippen LogP contribution in [-0.2, 0) is 38.5 Å². The molecule has 0 radical (unpaired) electrons. The minimum Gasteiger partial charge on any atom is -0.353 e. The highest BCUT2D eigenvalue weighted by molar-refractivity contribution is 6.30. The van der Waals surface area contributed by atoms with Gasteiger partial charge in [-0.15, -0.1) is 0 Å². The number of nitrogens with zero attached hydrogens (tertiary/aromatic N) is 8. The van der Waals surface area contributed by atoms with Crippen LogP contribution in [0.25, 0.3) is 22.2 Å². The lowest BCUT2D eigenvalue weighted by Gasteiger charge is -2.09. The molecule has 0 atom stereocenters. The Morgan fingerprint density at radius 1 is 0.946 bits per heavy atom. The Kier molecular flexibility index (Phi) is 6.21. The van der Waals surface area contributed by atoms with Crippen LogP contribution in [0.1, 0.15) is 5.56 Å². The van der Waals surface area contributed by atoms with Gasteiger partial charge in [-0.05, 0) is 17.7 Å². The molecule has 0 saturated heterocycles. The van der Waals surface area contributed by atoms with E-state index >= 15 is 0 Å². The van der Waals surface area contributed by atoms with Gasteiger partial charge in [-0.1, -0.05) is 23.7 Å². The Morgan fingerprint density at radius 3 is 2.41 bits per heavy atom. The smallest absolute Gasteiger partial charge is 0.332 e. The van der Waals surface area contributed by atoms with E-state index in [1.165, 1.54) is 46.6 Å². The maximum absolute atomic E-state index is 12.9. The first kappa shape index (κ1) is 24.2. The molecule has 0 aliphatic rings. The average Bonchev–Trinajstić information content (AvgIpc) is 3.49. The number of benzene rings is 1. The van der Waals surface area contributed by atoms with E-state index in [2.05, 4.69) is 20.4 Å². The maximum atomic E-state index is 12.9. The lowest BCUT2D eigenvalue weighted by Crippen LogP contribution is -2.38. The summed E-state index contributed by atoms with van der Waals surface area (Å²) in [6, 6.07) is 7.21. The third-order valence-electron chi connectivity index (χ3n) is 6.07. The molecule has 0 spiro atoms. The number of carbonyl (C=O) groups is 1. The highest BCUT2D eigenvalue weighted by Gasteiger charge is 2.16. The topological polar surface area (TPSA) is 144 Å². The fourth-order valence-corrected chi connectivity index (χ4v) is 4.21. The second-order valence-corrected chi connectivity index (χ2v) is 8.95. The zero-order valence-electron chi connectivity index (χ0n) is 20.0. The summed E-state index contributed by atoms with van der Waals surface area (Å²) in [5, 5.41) is 8.00. The van der Waals surface area contributed by atoms with Gasteiger partial charge in [-0.2, -0.15) is 5.10 Å². The first-order valence-corrected chi connectivity index (χ1v) is 11.7. The molecular formula is C23H22ClN9O4. The van der Waals surface area contributed by atoms with E-state index in [-0.39, 0.29) is 42.3 Å². The predicted octanol–water partition coefficient (Wildman–Crippen LogP) is -0.142. The molecule has 5 aromatic rings. The van der Waals surface area contributed by atoms with Crippen LogP contribution in [0.4, 0.5) is 0 Å². The largest absolute Gasteiger partial charge is 0.353 e. The monoisotopic (exact) mass is 523 g/mol. The fourth-order valence-electron chi connectivity index (χ4n) is 4.09. The van der Waals surface area contributed by atoms with E-state index < -0.39 is 11.2 Å². The van der Waals surface area contributed by atoms with Crippen LogP contribution in [0.3, 0.4) is 0 Å². The quantitative estimate of drug-likeness (QED) is 0.312. The number of aryl methyl sites for hydroxylation is 1. The fraction of sp³-hybridized carbons (Fsp3) is 0.261. The van der Waals surface area contributed by atoms with Crippen molar-refractivity contribution in [3.05, 3.63) is 84.9 Å². The van der Waals surface area contributed by atoms with Crippen molar-refractivity contribution in [1.82, 2.24) is 43.3 Å². The molecule has 0 fully saturated rings. The molecule has 1 N–H and O–H groups in total. The molecule has 0 bridgehead atoms. The highest BCUT2D eigenvalue weighted by Crippen LogP contribution is 2.11. The molecule has 0 saturated carbocycles. The van der Waals surface area contributed by atoms with Crippen molar-refractivity contribution in [2.24, 2.45) is 14.1 Å². The molecule has 190 valence electrons. The predicted molar refractivity (Wildman–Crippen MR) is 136 cm³/mol. The van der Waals surface area contributed by atoms with Crippen molar-refractivity contribution in [3.8, 4) is 0 Å². The molecule has 13 nitrogen and oxygen atoms in total. The lowest BCUT2D eigenvalue weighted by molar-refractivity contribution is -0.121. The second-order valence-electron chi connectivity index (χ2n) is 8.51. The van der Waals surface area contributed by atoms with Gasteiger partial charge in [-0.3, -0.25) is 28.1 Å². The summed E-state index contributed by atoms with van der Waals surface area (Å²) < 4.78 is 6.67. The minimum atomic E-state index is -0.529. The van der Waals surface area contributed by atoms with Crippen molar-refractivity contribution < 1.29 is 4.79 Å². The maximum Gasteiger partial charge on any atom is 0.332 e. The van der Waals surface area contributed by atoms with Gasteiger partial charge < -0.3 is 9.88 Å². The average molecular weight is 524 g/mol. The number of fused-ring (bicyclic) bond motifs is 2. The molecule has 1 aromatic carbocycles. The number of amides is 1. The van der Waals surface area contributed by atoms with Gasteiger partial charge in [0.05, 0.1) is 25.6 Å².